The van der Waals surface area contributed by atoms with E-state index in [0.717, 1.165) is 5.06 Å². The Morgan fingerprint density at radius 2 is 2.55 bits per heavy atom. The van der Waals surface area contributed by atoms with E-state index >= 15 is 0 Å². The van der Waals surface area contributed by atoms with Gasteiger partial charge in [0.25, 0.3) is 5.91 Å². The fourth-order valence-electron chi connectivity index (χ4n) is 0.823. The molecule has 1 aliphatic heterocycles. The average molecular weight is 154 g/mol. The summed E-state index contributed by atoms with van der Waals surface area (Å²) in [6.45, 7) is 0.431. The highest BCUT2D eigenvalue weighted by Gasteiger charge is 2.08. The maximum Gasteiger partial charge on any atom is 0.252 e. The molecule has 0 aromatic rings. The number of nitrogens with one attached hydrogen (secondary N) is 1. The van der Waals surface area contributed by atoms with Crippen LogP contribution in [0.25, 0.3) is 0 Å². The molecule has 0 aromatic carbocycles. The first-order valence-corrected chi connectivity index (χ1v) is 3.30. The van der Waals surface area contributed by atoms with Gasteiger partial charge in [0.05, 0.1) is 12.1 Å². The molecule has 0 fully saturated rings. The molecule has 1 rings (SSSR count). The summed E-state index contributed by atoms with van der Waals surface area (Å²) in [6.07, 6.45) is 4.77. The van der Waals surface area contributed by atoms with Gasteiger partial charge < -0.3 is 5.32 Å². The number of carbonyl (C=O) groups excluding carboxylic acids is 1. The number of amides is 1. The fraction of sp³-hybridized carbons (Fsp3) is 0.286. The van der Waals surface area contributed by atoms with Crippen LogP contribution in [-0.2, 0) is 4.79 Å². The van der Waals surface area contributed by atoms with Crippen LogP contribution in [0, 0.1) is 0 Å². The normalized spacial score (nSPS) is 16.2. The molecule has 0 saturated carbocycles. The Bertz CT molecular complexity index is 220. The first-order chi connectivity index (χ1) is 5.24. The molecular formula is C7H10N2O2. The summed E-state index contributed by atoms with van der Waals surface area (Å²) in [5.74, 6) is -0.194. The van der Waals surface area contributed by atoms with Crippen LogP contribution in [0.3, 0.4) is 0 Å². The monoisotopic (exact) mass is 154 g/mol. The van der Waals surface area contributed by atoms with Crippen LogP contribution >= 0.6 is 0 Å². The van der Waals surface area contributed by atoms with Crippen molar-refractivity contribution in [1.29, 1.82) is 0 Å². The van der Waals surface area contributed by atoms with E-state index in [1.54, 1.807) is 19.2 Å². The predicted molar refractivity (Wildman–Crippen MR) is 39.8 cm³/mol. The number of hydrogen-bond acceptors (Lipinski definition) is 3. The van der Waals surface area contributed by atoms with E-state index in [2.05, 4.69) is 5.32 Å². The van der Waals surface area contributed by atoms with E-state index in [1.807, 2.05) is 0 Å². The van der Waals surface area contributed by atoms with Gasteiger partial charge in [0.15, 0.2) is 0 Å². The standard InChI is InChI=1S/C7H10N2O2/c1-8-7(10)6-3-2-4-9(11)5-6/h2-3,5,11H,4H2,1H3,(H,8,10). The summed E-state index contributed by atoms with van der Waals surface area (Å²) in [7, 11) is 1.55. The summed E-state index contributed by atoms with van der Waals surface area (Å²) in [5, 5.41) is 12.4. The number of nitrogens with zero attached hydrogens (tertiary/aromatic N) is 1. The molecule has 0 spiro atoms. The van der Waals surface area contributed by atoms with Crippen molar-refractivity contribution in [3.63, 3.8) is 0 Å². The van der Waals surface area contributed by atoms with Crippen LogP contribution in [0.2, 0.25) is 0 Å². The van der Waals surface area contributed by atoms with E-state index in [-0.39, 0.29) is 5.91 Å². The predicted octanol–water partition coefficient (Wildman–Crippen LogP) is -0.123. The second kappa shape index (κ2) is 3.21. The molecule has 0 saturated heterocycles. The molecule has 60 valence electrons. The Balaban J connectivity index is 2.71. The summed E-state index contributed by atoms with van der Waals surface area (Å²) in [5.41, 5.74) is 0.459. The van der Waals surface area contributed by atoms with Crippen molar-refractivity contribution >= 4 is 5.91 Å². The maximum absolute atomic E-state index is 10.9. The van der Waals surface area contributed by atoms with Crippen LogP contribution in [0.1, 0.15) is 0 Å². The van der Waals surface area contributed by atoms with Gasteiger partial charge in [-0.15, -0.1) is 0 Å². The molecule has 0 bridgehead atoms. The largest absolute Gasteiger partial charge is 0.355 e. The van der Waals surface area contributed by atoms with Gasteiger partial charge in [0.1, 0.15) is 0 Å². The molecule has 11 heavy (non-hydrogen) atoms. The topological polar surface area (TPSA) is 52.6 Å². The van der Waals surface area contributed by atoms with Crippen LogP contribution < -0.4 is 5.32 Å². The van der Waals surface area contributed by atoms with E-state index in [4.69, 9.17) is 5.21 Å². The molecule has 0 unspecified atom stereocenters. The molecule has 0 atom stereocenters. The Labute approximate surface area is 64.8 Å². The third kappa shape index (κ3) is 1.81. The van der Waals surface area contributed by atoms with Gasteiger partial charge in [0, 0.05) is 13.2 Å². The van der Waals surface area contributed by atoms with Crippen molar-refractivity contribution in [3.8, 4) is 0 Å². The summed E-state index contributed by atoms with van der Waals surface area (Å²) >= 11 is 0. The Hall–Kier alpha value is -1.29. The lowest BCUT2D eigenvalue weighted by Gasteiger charge is -2.14. The van der Waals surface area contributed by atoms with Gasteiger partial charge in [-0.05, 0) is 0 Å². The summed E-state index contributed by atoms with van der Waals surface area (Å²) in [4.78, 5) is 10.9. The molecule has 4 heteroatoms. The van der Waals surface area contributed by atoms with E-state index in [9.17, 15) is 4.79 Å². The Kier molecular flexibility index (Phi) is 2.28. The molecule has 2 N–H and O–H groups in total. The van der Waals surface area contributed by atoms with Crippen molar-refractivity contribution in [2.24, 2.45) is 0 Å². The third-order valence-corrected chi connectivity index (χ3v) is 1.37. The lowest BCUT2D eigenvalue weighted by molar-refractivity contribution is -0.117. The quantitative estimate of drug-likeness (QED) is 0.553. The van der Waals surface area contributed by atoms with Crippen LogP contribution in [0.4, 0.5) is 0 Å². The molecule has 0 aliphatic carbocycles. The third-order valence-electron chi connectivity index (χ3n) is 1.37. The number of rotatable bonds is 1. The Morgan fingerprint density at radius 3 is 3.09 bits per heavy atom. The highest BCUT2D eigenvalue weighted by Crippen LogP contribution is 2.04. The molecular weight excluding hydrogens is 144 g/mol. The molecule has 0 radical (unpaired) electrons. The first kappa shape index (κ1) is 7.81. The lowest BCUT2D eigenvalue weighted by atomic mass is 10.2. The van der Waals surface area contributed by atoms with E-state index in [1.165, 1.54) is 6.20 Å². The van der Waals surface area contributed by atoms with Crippen LogP contribution in [0.15, 0.2) is 23.9 Å². The first-order valence-electron chi connectivity index (χ1n) is 3.30. The van der Waals surface area contributed by atoms with Crippen LogP contribution in [0.5, 0.6) is 0 Å². The fourth-order valence-corrected chi connectivity index (χ4v) is 0.823. The van der Waals surface area contributed by atoms with Crippen molar-refractivity contribution < 1.29 is 10.0 Å². The zero-order chi connectivity index (χ0) is 8.27. The number of hydroxylamine groups is 2. The molecule has 1 heterocycles. The molecule has 0 aromatic heterocycles. The smallest absolute Gasteiger partial charge is 0.252 e. The minimum Gasteiger partial charge on any atom is -0.355 e. The number of likely N-dealkylation sites (N-methyl/N-ethyl adjacent to an activating group) is 1. The second-order valence-corrected chi connectivity index (χ2v) is 2.19. The van der Waals surface area contributed by atoms with Crippen LogP contribution in [-0.4, -0.2) is 29.8 Å². The highest BCUT2D eigenvalue weighted by molar-refractivity contribution is 5.95. The molecule has 4 nitrogen and oxygen atoms in total. The van der Waals surface area contributed by atoms with Crippen molar-refractivity contribution in [1.82, 2.24) is 10.4 Å². The minimum atomic E-state index is -0.194. The number of carbonyl (C=O) groups is 1. The van der Waals surface area contributed by atoms with Crippen molar-refractivity contribution in [3.05, 3.63) is 23.9 Å². The van der Waals surface area contributed by atoms with E-state index in [0.29, 0.717) is 12.1 Å². The maximum atomic E-state index is 10.9. The summed E-state index contributed by atoms with van der Waals surface area (Å²) < 4.78 is 0. The van der Waals surface area contributed by atoms with Gasteiger partial charge in [-0.2, -0.15) is 0 Å². The zero-order valence-electron chi connectivity index (χ0n) is 6.24. The molecule has 1 aliphatic rings. The zero-order valence-corrected chi connectivity index (χ0v) is 6.24. The highest BCUT2D eigenvalue weighted by atomic mass is 16.5. The number of hydrogen-bond donors (Lipinski definition) is 2. The molecule has 1 amide bonds. The SMILES string of the molecule is CNC(=O)C1=CN(O)CC=C1. The van der Waals surface area contributed by atoms with Gasteiger partial charge in [-0.1, -0.05) is 12.2 Å². The summed E-state index contributed by atoms with van der Waals surface area (Å²) in [6, 6.07) is 0. The minimum absolute atomic E-state index is 0.194. The Morgan fingerprint density at radius 1 is 1.82 bits per heavy atom. The second-order valence-electron chi connectivity index (χ2n) is 2.19. The van der Waals surface area contributed by atoms with Crippen molar-refractivity contribution in [2.75, 3.05) is 13.6 Å². The van der Waals surface area contributed by atoms with Gasteiger partial charge in [-0.25, -0.2) is 0 Å². The average Bonchev–Trinajstić information content (AvgIpc) is 2.03. The van der Waals surface area contributed by atoms with Gasteiger partial charge >= 0.3 is 0 Å². The van der Waals surface area contributed by atoms with E-state index < -0.39 is 0 Å². The van der Waals surface area contributed by atoms with Gasteiger partial charge in [0.2, 0.25) is 0 Å². The lowest BCUT2D eigenvalue weighted by Crippen LogP contribution is -2.24. The van der Waals surface area contributed by atoms with Gasteiger partial charge in [-0.3, -0.25) is 15.1 Å². The van der Waals surface area contributed by atoms with Crippen molar-refractivity contribution in [2.45, 2.75) is 0 Å².